The number of carbonyl (C=O) groups is 3. The van der Waals surface area contributed by atoms with E-state index in [1.165, 1.54) is 18.7 Å². The van der Waals surface area contributed by atoms with Crippen LogP contribution in [0.1, 0.15) is 13.8 Å². The molecule has 0 aromatic heterocycles. The molecule has 0 spiro atoms. The minimum atomic E-state index is -1.04. The predicted octanol–water partition coefficient (Wildman–Crippen LogP) is 2.21. The van der Waals surface area contributed by atoms with Crippen molar-refractivity contribution in [2.45, 2.75) is 24.8 Å². The van der Waals surface area contributed by atoms with Gasteiger partial charge in [0.1, 0.15) is 0 Å². The summed E-state index contributed by atoms with van der Waals surface area (Å²) in [6.45, 7) is 3.52. The van der Waals surface area contributed by atoms with Crippen LogP contribution in [-0.2, 0) is 14.3 Å². The summed E-state index contributed by atoms with van der Waals surface area (Å²) in [5.41, 5.74) is 0. The Labute approximate surface area is 137 Å². The molecular weight excluding hydrogens is 328 g/mol. The van der Waals surface area contributed by atoms with Gasteiger partial charge in [-0.05, 0) is 38.1 Å². The zero-order valence-corrected chi connectivity index (χ0v) is 13.8. The lowest BCUT2D eigenvalue weighted by Gasteiger charge is -2.12. The van der Waals surface area contributed by atoms with E-state index in [0.29, 0.717) is 11.6 Å². The highest BCUT2D eigenvalue weighted by Gasteiger charge is 2.19. The molecule has 0 saturated heterocycles. The molecule has 3 amide bonds. The standard InChI is InChI=1S/C14H17ClN2O4S/c1-3-16-14(20)17-13(19)9(2)21-12(18)8-22-11-6-4-10(15)5-7-11/h4-7,9H,3,8H2,1-2H3,(H2,16,17,19,20)/t9-/m1/s1. The van der Waals surface area contributed by atoms with Gasteiger partial charge in [-0.2, -0.15) is 0 Å². The lowest BCUT2D eigenvalue weighted by molar-refractivity contribution is -0.151. The molecule has 0 unspecified atom stereocenters. The maximum atomic E-state index is 11.7. The Kier molecular flexibility index (Phi) is 7.76. The molecule has 22 heavy (non-hydrogen) atoms. The van der Waals surface area contributed by atoms with Crippen LogP contribution in [0.15, 0.2) is 29.2 Å². The molecular formula is C14H17ClN2O4S. The SMILES string of the molecule is CCNC(=O)NC(=O)[C@@H](C)OC(=O)CSc1ccc(Cl)cc1. The van der Waals surface area contributed by atoms with Crippen LogP contribution in [0.25, 0.3) is 0 Å². The molecule has 0 aliphatic carbocycles. The van der Waals surface area contributed by atoms with Gasteiger partial charge in [0.2, 0.25) is 0 Å². The zero-order chi connectivity index (χ0) is 16.5. The van der Waals surface area contributed by atoms with Crippen molar-refractivity contribution in [1.29, 1.82) is 0 Å². The molecule has 1 aromatic rings. The van der Waals surface area contributed by atoms with Crippen LogP contribution in [0.2, 0.25) is 5.02 Å². The molecule has 0 aliphatic heterocycles. The van der Waals surface area contributed by atoms with Crippen LogP contribution in [0.3, 0.4) is 0 Å². The number of carbonyl (C=O) groups excluding carboxylic acids is 3. The van der Waals surface area contributed by atoms with Crippen molar-refractivity contribution in [1.82, 2.24) is 10.6 Å². The minimum absolute atomic E-state index is 0.0560. The van der Waals surface area contributed by atoms with Gasteiger partial charge in [0.05, 0.1) is 5.75 Å². The summed E-state index contributed by atoms with van der Waals surface area (Å²) in [6, 6.07) is 6.39. The number of rotatable bonds is 6. The number of hydrogen-bond donors (Lipinski definition) is 2. The largest absolute Gasteiger partial charge is 0.452 e. The summed E-state index contributed by atoms with van der Waals surface area (Å²) >= 11 is 7.03. The molecule has 0 radical (unpaired) electrons. The number of esters is 1. The quantitative estimate of drug-likeness (QED) is 0.610. The van der Waals surface area contributed by atoms with Gasteiger partial charge in [-0.15, -0.1) is 11.8 Å². The van der Waals surface area contributed by atoms with E-state index in [1.54, 1.807) is 31.2 Å². The van der Waals surface area contributed by atoms with E-state index in [0.717, 1.165) is 4.90 Å². The summed E-state index contributed by atoms with van der Waals surface area (Å²) in [5, 5.41) is 5.10. The number of benzene rings is 1. The molecule has 0 bridgehead atoms. The van der Waals surface area contributed by atoms with Gasteiger partial charge < -0.3 is 10.1 Å². The summed E-state index contributed by atoms with van der Waals surface area (Å²) in [6.07, 6.45) is -1.04. The van der Waals surface area contributed by atoms with Gasteiger partial charge in [-0.1, -0.05) is 11.6 Å². The average molecular weight is 345 g/mol. The molecule has 120 valence electrons. The highest BCUT2D eigenvalue weighted by Crippen LogP contribution is 2.20. The predicted molar refractivity (Wildman–Crippen MR) is 84.9 cm³/mol. The molecule has 2 N–H and O–H groups in total. The number of urea groups is 1. The van der Waals surface area contributed by atoms with Gasteiger partial charge in [-0.25, -0.2) is 4.79 Å². The van der Waals surface area contributed by atoms with Gasteiger partial charge in [0.25, 0.3) is 5.91 Å². The molecule has 1 aromatic carbocycles. The molecule has 0 fully saturated rings. The number of thioether (sulfide) groups is 1. The van der Waals surface area contributed by atoms with Crippen LogP contribution < -0.4 is 10.6 Å². The van der Waals surface area contributed by atoms with E-state index in [2.05, 4.69) is 10.6 Å². The fraction of sp³-hybridized carbons (Fsp3) is 0.357. The van der Waals surface area contributed by atoms with Crippen LogP contribution in [0, 0.1) is 0 Å². The van der Waals surface area contributed by atoms with Crippen molar-refractivity contribution in [3.8, 4) is 0 Å². The van der Waals surface area contributed by atoms with Crippen molar-refractivity contribution >= 4 is 41.3 Å². The summed E-state index contributed by atoms with van der Waals surface area (Å²) in [4.78, 5) is 35.3. The maximum Gasteiger partial charge on any atom is 0.321 e. The Morgan fingerprint density at radius 3 is 2.50 bits per heavy atom. The van der Waals surface area contributed by atoms with Crippen molar-refractivity contribution in [3.63, 3.8) is 0 Å². The molecule has 0 aliphatic rings. The Morgan fingerprint density at radius 1 is 1.27 bits per heavy atom. The van der Waals surface area contributed by atoms with Crippen molar-refractivity contribution in [2.24, 2.45) is 0 Å². The first-order valence-corrected chi connectivity index (χ1v) is 7.95. The fourth-order valence-electron chi connectivity index (χ4n) is 1.38. The Bertz CT molecular complexity index is 536. The van der Waals surface area contributed by atoms with Gasteiger partial charge in [0.15, 0.2) is 6.10 Å². The van der Waals surface area contributed by atoms with E-state index >= 15 is 0 Å². The lowest BCUT2D eigenvalue weighted by Crippen LogP contribution is -2.44. The smallest absolute Gasteiger partial charge is 0.321 e. The molecule has 0 heterocycles. The topological polar surface area (TPSA) is 84.5 Å². The van der Waals surface area contributed by atoms with E-state index in [-0.39, 0.29) is 5.75 Å². The highest BCUT2D eigenvalue weighted by atomic mass is 35.5. The first-order chi connectivity index (χ1) is 10.4. The third-order valence-corrected chi connectivity index (χ3v) is 3.66. The number of hydrogen-bond acceptors (Lipinski definition) is 5. The number of nitrogens with one attached hydrogen (secondary N) is 2. The van der Waals surface area contributed by atoms with Crippen LogP contribution in [-0.4, -0.2) is 36.3 Å². The highest BCUT2D eigenvalue weighted by molar-refractivity contribution is 8.00. The third-order valence-electron chi connectivity index (χ3n) is 2.42. The molecule has 8 heteroatoms. The Morgan fingerprint density at radius 2 is 1.91 bits per heavy atom. The number of imide groups is 1. The molecule has 6 nitrogen and oxygen atoms in total. The first-order valence-electron chi connectivity index (χ1n) is 6.59. The van der Waals surface area contributed by atoms with Crippen LogP contribution in [0.5, 0.6) is 0 Å². The monoisotopic (exact) mass is 344 g/mol. The summed E-state index contributed by atoms with van der Waals surface area (Å²) in [7, 11) is 0. The second-order valence-corrected chi connectivity index (χ2v) is 5.71. The normalized spacial score (nSPS) is 11.4. The second-order valence-electron chi connectivity index (χ2n) is 4.22. The number of ether oxygens (including phenoxy) is 1. The second kappa shape index (κ2) is 9.32. The van der Waals surface area contributed by atoms with E-state index in [9.17, 15) is 14.4 Å². The van der Waals surface area contributed by atoms with E-state index in [1.807, 2.05) is 0 Å². The lowest BCUT2D eigenvalue weighted by atomic mass is 10.4. The molecule has 1 atom stereocenters. The summed E-state index contributed by atoms with van der Waals surface area (Å²) < 4.78 is 4.96. The van der Waals surface area contributed by atoms with E-state index < -0.39 is 24.0 Å². The van der Waals surface area contributed by atoms with Crippen molar-refractivity contribution < 1.29 is 19.1 Å². The van der Waals surface area contributed by atoms with Crippen molar-refractivity contribution in [3.05, 3.63) is 29.3 Å². The minimum Gasteiger partial charge on any atom is -0.452 e. The fourth-order valence-corrected chi connectivity index (χ4v) is 2.18. The van der Waals surface area contributed by atoms with Crippen LogP contribution >= 0.6 is 23.4 Å². The van der Waals surface area contributed by atoms with Gasteiger partial charge >= 0.3 is 12.0 Å². The number of amides is 3. The van der Waals surface area contributed by atoms with E-state index in [4.69, 9.17) is 16.3 Å². The first kappa shape index (κ1) is 18.3. The van der Waals surface area contributed by atoms with Gasteiger partial charge in [-0.3, -0.25) is 14.9 Å². The van der Waals surface area contributed by atoms with Crippen molar-refractivity contribution in [2.75, 3.05) is 12.3 Å². The molecule has 1 rings (SSSR count). The average Bonchev–Trinajstić information content (AvgIpc) is 2.46. The third kappa shape index (κ3) is 6.82. The van der Waals surface area contributed by atoms with Crippen LogP contribution in [0.4, 0.5) is 4.79 Å². The zero-order valence-electron chi connectivity index (χ0n) is 12.2. The van der Waals surface area contributed by atoms with Gasteiger partial charge in [0, 0.05) is 16.5 Å². The summed E-state index contributed by atoms with van der Waals surface area (Å²) in [5.74, 6) is -1.16. The molecule has 0 saturated carbocycles. The Hall–Kier alpha value is -1.73. The maximum absolute atomic E-state index is 11.7. The number of halogens is 1. The Balaban J connectivity index is 2.35.